The van der Waals surface area contributed by atoms with E-state index in [2.05, 4.69) is 0 Å². The SMILES string of the molecule is O=c1cc(-c2ccccc2-c2ccc(C(F)(F)F)cc2)oc2cc(O)cc(O)c12. The number of alkyl halides is 3. The lowest BCUT2D eigenvalue weighted by atomic mass is 9.97. The number of hydrogen-bond acceptors (Lipinski definition) is 4. The summed E-state index contributed by atoms with van der Waals surface area (Å²) in [6.45, 7) is 0. The highest BCUT2D eigenvalue weighted by atomic mass is 19.4. The van der Waals surface area contributed by atoms with E-state index in [1.165, 1.54) is 24.3 Å². The highest BCUT2D eigenvalue weighted by Gasteiger charge is 2.30. The Hall–Kier alpha value is -3.74. The highest BCUT2D eigenvalue weighted by molar-refractivity contribution is 5.88. The van der Waals surface area contributed by atoms with Crippen LogP contribution in [0.1, 0.15) is 5.56 Å². The van der Waals surface area contributed by atoms with Gasteiger partial charge in [0, 0.05) is 23.8 Å². The standard InChI is InChI=1S/C22H13F3O4/c23-22(24,25)13-7-5-12(6-8-13)15-3-1-2-4-16(15)19-11-18(28)21-17(27)9-14(26)10-20(21)29-19/h1-11,26-27H. The Kier molecular flexibility index (Phi) is 4.30. The van der Waals surface area contributed by atoms with Gasteiger partial charge in [0.2, 0.25) is 0 Å². The molecule has 4 rings (SSSR count). The largest absolute Gasteiger partial charge is 0.508 e. The van der Waals surface area contributed by atoms with E-state index in [-0.39, 0.29) is 22.5 Å². The third-order valence-corrected chi connectivity index (χ3v) is 4.51. The second kappa shape index (κ2) is 6.70. The lowest BCUT2D eigenvalue weighted by Crippen LogP contribution is -2.04. The molecular formula is C22H13F3O4. The minimum Gasteiger partial charge on any atom is -0.508 e. The molecule has 0 bridgehead atoms. The molecule has 146 valence electrons. The third kappa shape index (κ3) is 3.42. The van der Waals surface area contributed by atoms with Crippen molar-refractivity contribution >= 4 is 11.0 Å². The Balaban J connectivity index is 1.89. The molecule has 4 aromatic rings. The van der Waals surface area contributed by atoms with Gasteiger partial charge in [-0.1, -0.05) is 36.4 Å². The van der Waals surface area contributed by atoms with Gasteiger partial charge in [-0.05, 0) is 23.3 Å². The number of phenolic OH excluding ortho intramolecular Hbond substituents is 2. The monoisotopic (exact) mass is 398 g/mol. The summed E-state index contributed by atoms with van der Waals surface area (Å²) in [4.78, 5) is 12.5. The fourth-order valence-corrected chi connectivity index (χ4v) is 3.18. The van der Waals surface area contributed by atoms with E-state index in [1.807, 2.05) is 0 Å². The molecule has 4 nitrogen and oxygen atoms in total. The Morgan fingerprint density at radius 1 is 0.828 bits per heavy atom. The van der Waals surface area contributed by atoms with Crippen LogP contribution in [0.25, 0.3) is 33.4 Å². The van der Waals surface area contributed by atoms with Crippen molar-refractivity contribution in [3.05, 3.63) is 82.5 Å². The fourth-order valence-electron chi connectivity index (χ4n) is 3.18. The molecular weight excluding hydrogens is 385 g/mol. The molecule has 0 aliphatic rings. The van der Waals surface area contributed by atoms with Crippen molar-refractivity contribution < 1.29 is 27.8 Å². The van der Waals surface area contributed by atoms with E-state index in [0.717, 1.165) is 18.2 Å². The summed E-state index contributed by atoms with van der Waals surface area (Å²) in [6, 6.07) is 14.9. The molecule has 0 fully saturated rings. The van der Waals surface area contributed by atoms with Crippen molar-refractivity contribution in [2.24, 2.45) is 0 Å². The van der Waals surface area contributed by atoms with Crippen LogP contribution < -0.4 is 5.43 Å². The second-order valence-electron chi connectivity index (χ2n) is 6.43. The molecule has 0 atom stereocenters. The maximum Gasteiger partial charge on any atom is 0.416 e. The molecule has 1 heterocycles. The van der Waals surface area contributed by atoms with Crippen molar-refractivity contribution in [3.8, 4) is 33.9 Å². The zero-order valence-corrected chi connectivity index (χ0v) is 14.7. The van der Waals surface area contributed by atoms with Gasteiger partial charge in [-0.25, -0.2) is 0 Å². The summed E-state index contributed by atoms with van der Waals surface area (Å²) >= 11 is 0. The molecule has 0 unspecified atom stereocenters. The quantitative estimate of drug-likeness (QED) is 0.464. The Bertz CT molecular complexity index is 1270. The van der Waals surface area contributed by atoms with E-state index >= 15 is 0 Å². The van der Waals surface area contributed by atoms with Crippen LogP contribution in [-0.4, -0.2) is 10.2 Å². The number of aromatic hydroxyl groups is 2. The van der Waals surface area contributed by atoms with Gasteiger partial charge < -0.3 is 14.6 Å². The minimum atomic E-state index is -4.44. The predicted molar refractivity (Wildman–Crippen MR) is 102 cm³/mol. The summed E-state index contributed by atoms with van der Waals surface area (Å²) in [6.07, 6.45) is -4.44. The first kappa shape index (κ1) is 18.6. The zero-order chi connectivity index (χ0) is 20.8. The number of halogens is 3. The maximum absolute atomic E-state index is 12.8. The predicted octanol–water partition coefficient (Wildman–Crippen LogP) is 5.56. The Labute approximate surface area is 162 Å². The van der Waals surface area contributed by atoms with Crippen molar-refractivity contribution in [2.45, 2.75) is 6.18 Å². The van der Waals surface area contributed by atoms with Crippen LogP contribution in [0.5, 0.6) is 11.5 Å². The summed E-state index contributed by atoms with van der Waals surface area (Å²) < 4.78 is 44.2. The fraction of sp³-hybridized carbons (Fsp3) is 0.0455. The summed E-state index contributed by atoms with van der Waals surface area (Å²) in [5, 5.41) is 19.5. The lowest BCUT2D eigenvalue weighted by Gasteiger charge is -2.12. The van der Waals surface area contributed by atoms with Gasteiger partial charge in [-0.2, -0.15) is 13.2 Å². The minimum absolute atomic E-state index is 0.00720. The van der Waals surface area contributed by atoms with Crippen molar-refractivity contribution in [3.63, 3.8) is 0 Å². The average molecular weight is 398 g/mol. The van der Waals surface area contributed by atoms with E-state index in [1.54, 1.807) is 24.3 Å². The molecule has 0 saturated heterocycles. The molecule has 0 saturated carbocycles. The smallest absolute Gasteiger partial charge is 0.416 e. The number of rotatable bonds is 2. The summed E-state index contributed by atoms with van der Waals surface area (Å²) in [5.74, 6) is -0.523. The van der Waals surface area contributed by atoms with Crippen molar-refractivity contribution in [1.29, 1.82) is 0 Å². The molecule has 29 heavy (non-hydrogen) atoms. The Morgan fingerprint density at radius 2 is 1.48 bits per heavy atom. The van der Waals surface area contributed by atoms with Gasteiger partial charge >= 0.3 is 6.18 Å². The van der Waals surface area contributed by atoms with Gasteiger partial charge in [0.25, 0.3) is 0 Å². The molecule has 0 aliphatic carbocycles. The van der Waals surface area contributed by atoms with E-state index in [0.29, 0.717) is 16.7 Å². The first-order valence-corrected chi connectivity index (χ1v) is 8.51. The maximum atomic E-state index is 12.8. The molecule has 0 spiro atoms. The topological polar surface area (TPSA) is 70.7 Å². The van der Waals surface area contributed by atoms with Crippen LogP contribution in [0.15, 0.2) is 75.9 Å². The van der Waals surface area contributed by atoms with Crippen molar-refractivity contribution in [1.82, 2.24) is 0 Å². The lowest BCUT2D eigenvalue weighted by molar-refractivity contribution is -0.137. The normalized spacial score (nSPS) is 11.7. The second-order valence-corrected chi connectivity index (χ2v) is 6.43. The van der Waals surface area contributed by atoms with E-state index in [9.17, 15) is 28.2 Å². The van der Waals surface area contributed by atoms with Gasteiger partial charge in [-0.3, -0.25) is 4.79 Å². The number of benzene rings is 3. The van der Waals surface area contributed by atoms with Crippen LogP contribution in [0, 0.1) is 0 Å². The molecule has 2 N–H and O–H groups in total. The van der Waals surface area contributed by atoms with Crippen LogP contribution in [-0.2, 0) is 6.18 Å². The number of phenols is 2. The van der Waals surface area contributed by atoms with Gasteiger partial charge in [-0.15, -0.1) is 0 Å². The molecule has 0 radical (unpaired) electrons. The Morgan fingerprint density at radius 3 is 2.14 bits per heavy atom. The van der Waals surface area contributed by atoms with Crippen LogP contribution in [0.2, 0.25) is 0 Å². The van der Waals surface area contributed by atoms with Crippen LogP contribution in [0.3, 0.4) is 0 Å². The summed E-state index contributed by atoms with van der Waals surface area (Å²) in [7, 11) is 0. The zero-order valence-electron chi connectivity index (χ0n) is 14.7. The highest BCUT2D eigenvalue weighted by Crippen LogP contribution is 2.36. The van der Waals surface area contributed by atoms with E-state index in [4.69, 9.17) is 4.42 Å². The van der Waals surface area contributed by atoms with Crippen LogP contribution >= 0.6 is 0 Å². The number of hydrogen-bond donors (Lipinski definition) is 2. The van der Waals surface area contributed by atoms with Crippen molar-refractivity contribution in [2.75, 3.05) is 0 Å². The van der Waals surface area contributed by atoms with Gasteiger partial charge in [0.15, 0.2) is 5.43 Å². The van der Waals surface area contributed by atoms with E-state index < -0.39 is 22.9 Å². The van der Waals surface area contributed by atoms with Crippen LogP contribution in [0.4, 0.5) is 13.2 Å². The molecule has 3 aromatic carbocycles. The van der Waals surface area contributed by atoms with Gasteiger partial charge in [0.1, 0.15) is 28.2 Å². The molecule has 0 amide bonds. The average Bonchev–Trinajstić information content (AvgIpc) is 2.66. The molecule has 7 heteroatoms. The first-order valence-electron chi connectivity index (χ1n) is 8.51. The van der Waals surface area contributed by atoms with Gasteiger partial charge in [0.05, 0.1) is 5.56 Å². The molecule has 1 aromatic heterocycles. The first-order chi connectivity index (χ1) is 13.7. The molecule has 0 aliphatic heterocycles. The summed E-state index contributed by atoms with van der Waals surface area (Å²) in [5.41, 5.74) is 0.271. The number of fused-ring (bicyclic) bond motifs is 1. The third-order valence-electron chi connectivity index (χ3n) is 4.51.